The summed E-state index contributed by atoms with van der Waals surface area (Å²) < 4.78 is 18.9. The topological polar surface area (TPSA) is 35.2 Å². The second-order valence-electron chi connectivity index (χ2n) is 4.85. The minimum absolute atomic E-state index is 0.252. The van der Waals surface area contributed by atoms with E-state index in [1.807, 2.05) is 24.3 Å². The van der Waals surface area contributed by atoms with Crippen molar-refractivity contribution in [3.63, 3.8) is 0 Å². The summed E-state index contributed by atoms with van der Waals surface area (Å²) in [6.45, 7) is 0.327. The monoisotopic (exact) mass is 257 g/mol. The van der Waals surface area contributed by atoms with Gasteiger partial charge in [-0.25, -0.2) is 4.39 Å². The smallest absolute Gasteiger partial charge is 0.123 e. The summed E-state index contributed by atoms with van der Waals surface area (Å²) in [6.07, 6.45) is 2.70. The van der Waals surface area contributed by atoms with Crippen molar-refractivity contribution in [2.45, 2.75) is 25.5 Å². The first-order chi connectivity index (χ1) is 9.26. The van der Waals surface area contributed by atoms with Gasteiger partial charge in [0.05, 0.1) is 6.10 Å². The number of hydrogen-bond acceptors (Lipinski definition) is 2. The predicted molar refractivity (Wildman–Crippen MR) is 73.4 cm³/mol. The van der Waals surface area contributed by atoms with Gasteiger partial charge in [-0.2, -0.15) is 0 Å². The van der Waals surface area contributed by atoms with Gasteiger partial charge in [0.25, 0.3) is 0 Å². The zero-order valence-electron chi connectivity index (χ0n) is 10.6. The quantitative estimate of drug-likeness (QED) is 0.910. The van der Waals surface area contributed by atoms with E-state index in [4.69, 9.17) is 10.5 Å². The molecule has 1 fully saturated rings. The largest absolute Gasteiger partial charge is 0.490 e. The third kappa shape index (κ3) is 2.76. The first-order valence-electron chi connectivity index (χ1n) is 6.52. The van der Waals surface area contributed by atoms with Crippen molar-refractivity contribution in [3.8, 4) is 16.9 Å². The zero-order valence-corrected chi connectivity index (χ0v) is 10.6. The van der Waals surface area contributed by atoms with Crippen LogP contribution in [0.25, 0.3) is 11.1 Å². The molecule has 0 heterocycles. The summed E-state index contributed by atoms with van der Waals surface area (Å²) in [4.78, 5) is 0. The molecule has 98 valence electrons. The van der Waals surface area contributed by atoms with Crippen molar-refractivity contribution in [1.82, 2.24) is 0 Å². The van der Waals surface area contributed by atoms with E-state index in [0.29, 0.717) is 12.6 Å². The van der Waals surface area contributed by atoms with Crippen LogP contribution in [0.2, 0.25) is 0 Å². The highest BCUT2D eigenvalue weighted by atomic mass is 19.1. The predicted octanol–water partition coefficient (Wildman–Crippen LogP) is 3.49. The van der Waals surface area contributed by atoms with Gasteiger partial charge in [-0.3, -0.25) is 0 Å². The van der Waals surface area contributed by atoms with Crippen LogP contribution in [0.3, 0.4) is 0 Å². The highest BCUT2D eigenvalue weighted by Crippen LogP contribution is 2.30. The molecule has 2 nitrogen and oxygen atoms in total. The van der Waals surface area contributed by atoms with Crippen LogP contribution >= 0.6 is 0 Å². The molecule has 0 radical (unpaired) electrons. The van der Waals surface area contributed by atoms with Crippen molar-refractivity contribution in [1.29, 1.82) is 0 Å². The Labute approximate surface area is 112 Å². The van der Waals surface area contributed by atoms with E-state index in [0.717, 1.165) is 35.3 Å². The molecule has 3 heteroatoms. The van der Waals surface area contributed by atoms with Gasteiger partial charge in [-0.05, 0) is 53.8 Å². The summed E-state index contributed by atoms with van der Waals surface area (Å²) in [5.74, 6) is 0.639. The third-order valence-corrected chi connectivity index (χ3v) is 3.28. The number of rotatable bonds is 4. The van der Waals surface area contributed by atoms with Crippen LogP contribution in [-0.2, 0) is 6.54 Å². The van der Waals surface area contributed by atoms with Gasteiger partial charge >= 0.3 is 0 Å². The minimum Gasteiger partial charge on any atom is -0.490 e. The molecule has 0 spiro atoms. The number of hydrogen-bond donors (Lipinski definition) is 1. The molecule has 0 unspecified atom stereocenters. The van der Waals surface area contributed by atoms with Crippen molar-refractivity contribution in [2.24, 2.45) is 5.73 Å². The van der Waals surface area contributed by atoms with Gasteiger partial charge in [-0.15, -0.1) is 0 Å². The average Bonchev–Trinajstić information content (AvgIpc) is 3.24. The van der Waals surface area contributed by atoms with E-state index in [1.165, 1.54) is 12.1 Å². The molecule has 0 amide bonds. The van der Waals surface area contributed by atoms with Gasteiger partial charge in [-0.1, -0.05) is 18.2 Å². The fourth-order valence-corrected chi connectivity index (χ4v) is 2.10. The lowest BCUT2D eigenvalue weighted by atomic mass is 9.99. The van der Waals surface area contributed by atoms with Crippen LogP contribution in [0.4, 0.5) is 4.39 Å². The lowest BCUT2D eigenvalue weighted by Gasteiger charge is -2.10. The first kappa shape index (κ1) is 12.2. The van der Waals surface area contributed by atoms with E-state index < -0.39 is 0 Å². The molecule has 0 aromatic heterocycles. The summed E-state index contributed by atoms with van der Waals surface area (Å²) in [7, 11) is 0. The van der Waals surface area contributed by atoms with Gasteiger partial charge in [0, 0.05) is 6.54 Å². The van der Waals surface area contributed by atoms with Crippen molar-refractivity contribution in [3.05, 3.63) is 53.8 Å². The molecule has 2 aromatic rings. The highest BCUT2D eigenvalue weighted by molar-refractivity contribution is 5.68. The third-order valence-electron chi connectivity index (χ3n) is 3.28. The summed E-state index contributed by atoms with van der Waals surface area (Å²) in [6, 6.07) is 12.6. The van der Waals surface area contributed by atoms with Crippen molar-refractivity contribution in [2.75, 3.05) is 0 Å². The molecular formula is C16H16FNO. The van der Waals surface area contributed by atoms with Crippen LogP contribution in [-0.4, -0.2) is 6.10 Å². The molecule has 2 N–H and O–H groups in total. The molecule has 0 atom stereocenters. The van der Waals surface area contributed by atoms with Crippen molar-refractivity contribution < 1.29 is 9.13 Å². The molecule has 1 saturated carbocycles. The average molecular weight is 257 g/mol. The Kier molecular flexibility index (Phi) is 3.22. The molecule has 3 rings (SSSR count). The summed E-state index contributed by atoms with van der Waals surface area (Å²) in [5, 5.41) is 0. The van der Waals surface area contributed by atoms with E-state index in [1.54, 1.807) is 6.07 Å². The number of nitrogens with two attached hydrogens (primary N) is 1. The molecule has 2 aromatic carbocycles. The Morgan fingerprint density at radius 1 is 1.11 bits per heavy atom. The Morgan fingerprint density at radius 2 is 1.84 bits per heavy atom. The molecule has 0 bridgehead atoms. The zero-order chi connectivity index (χ0) is 13.2. The van der Waals surface area contributed by atoms with Gasteiger partial charge in [0.15, 0.2) is 0 Å². The maximum atomic E-state index is 13.2. The van der Waals surface area contributed by atoms with Crippen LogP contribution in [0.5, 0.6) is 5.75 Å². The normalized spacial score (nSPS) is 14.4. The number of ether oxygens (including phenoxy) is 1. The fourth-order valence-electron chi connectivity index (χ4n) is 2.10. The van der Waals surface area contributed by atoms with Crippen molar-refractivity contribution >= 4 is 0 Å². The van der Waals surface area contributed by atoms with E-state index in [-0.39, 0.29) is 5.82 Å². The molecule has 19 heavy (non-hydrogen) atoms. The fraction of sp³-hybridized carbons (Fsp3) is 0.250. The summed E-state index contributed by atoms with van der Waals surface area (Å²) in [5.41, 5.74) is 8.49. The minimum atomic E-state index is -0.252. The van der Waals surface area contributed by atoms with E-state index in [9.17, 15) is 4.39 Å². The van der Waals surface area contributed by atoms with Crippen LogP contribution in [0, 0.1) is 5.82 Å². The first-order valence-corrected chi connectivity index (χ1v) is 6.52. The van der Waals surface area contributed by atoms with E-state index >= 15 is 0 Å². The van der Waals surface area contributed by atoms with Crippen LogP contribution in [0.15, 0.2) is 42.5 Å². The van der Waals surface area contributed by atoms with Gasteiger partial charge < -0.3 is 10.5 Å². The van der Waals surface area contributed by atoms with Crippen LogP contribution in [0.1, 0.15) is 18.4 Å². The lowest BCUT2D eigenvalue weighted by molar-refractivity contribution is 0.303. The Morgan fingerprint density at radius 3 is 2.47 bits per heavy atom. The Bertz CT molecular complexity index is 576. The van der Waals surface area contributed by atoms with Gasteiger partial charge in [0.2, 0.25) is 0 Å². The molecule has 0 saturated heterocycles. The Balaban J connectivity index is 1.88. The second kappa shape index (κ2) is 5.02. The number of halogens is 1. The van der Waals surface area contributed by atoms with E-state index in [2.05, 4.69) is 0 Å². The standard InChI is InChI=1S/C16H16FNO/c17-13-3-8-16(12(9-13)10-18)11-1-4-14(5-2-11)19-15-6-7-15/h1-5,8-9,15H,6-7,10,18H2. The second-order valence-corrected chi connectivity index (χ2v) is 4.85. The molecular weight excluding hydrogens is 241 g/mol. The molecule has 0 aliphatic heterocycles. The lowest BCUT2D eigenvalue weighted by Crippen LogP contribution is -2.00. The van der Waals surface area contributed by atoms with Gasteiger partial charge in [0.1, 0.15) is 11.6 Å². The maximum Gasteiger partial charge on any atom is 0.123 e. The number of benzene rings is 2. The highest BCUT2D eigenvalue weighted by Gasteiger charge is 2.23. The molecule has 1 aliphatic carbocycles. The summed E-state index contributed by atoms with van der Waals surface area (Å²) >= 11 is 0. The SMILES string of the molecule is NCc1cc(F)ccc1-c1ccc(OC2CC2)cc1. The van der Waals surface area contributed by atoms with Crippen LogP contribution < -0.4 is 10.5 Å². The Hall–Kier alpha value is -1.87. The molecule has 1 aliphatic rings. The maximum absolute atomic E-state index is 13.2.